The number of rotatable bonds is 3. The van der Waals surface area contributed by atoms with Gasteiger partial charge in [-0.05, 0) is 29.8 Å². The number of nitrogens with one attached hydrogen (secondary N) is 2. The molecule has 1 heterocycles. The van der Waals surface area contributed by atoms with Gasteiger partial charge in [0.2, 0.25) is 0 Å². The second-order valence-electron chi connectivity index (χ2n) is 4.28. The van der Waals surface area contributed by atoms with Crippen molar-refractivity contribution in [1.29, 1.82) is 0 Å². The summed E-state index contributed by atoms with van der Waals surface area (Å²) in [6.45, 7) is 0.944. The Labute approximate surface area is 107 Å². The maximum absolute atomic E-state index is 4.27. The lowest BCUT2D eigenvalue weighted by molar-refractivity contribution is 0.813. The first-order valence-corrected chi connectivity index (χ1v) is 6.14. The molecule has 2 aromatic carbocycles. The van der Waals surface area contributed by atoms with Gasteiger partial charge in [0.05, 0.1) is 5.71 Å². The fourth-order valence-corrected chi connectivity index (χ4v) is 2.02. The van der Waals surface area contributed by atoms with Crippen LogP contribution in [0.3, 0.4) is 0 Å². The van der Waals surface area contributed by atoms with Crippen molar-refractivity contribution in [2.24, 2.45) is 5.10 Å². The predicted molar refractivity (Wildman–Crippen MR) is 75.3 cm³/mol. The van der Waals surface area contributed by atoms with Crippen LogP contribution in [0.15, 0.2) is 59.7 Å². The summed E-state index contributed by atoms with van der Waals surface area (Å²) in [6, 6.07) is 18.6. The molecule has 2 aromatic rings. The van der Waals surface area contributed by atoms with E-state index in [2.05, 4.69) is 52.2 Å². The number of hydrogen-bond donors (Lipinski definition) is 2. The topological polar surface area (TPSA) is 36.4 Å². The van der Waals surface area contributed by atoms with Crippen LogP contribution in [0.25, 0.3) is 0 Å². The zero-order chi connectivity index (χ0) is 12.2. The van der Waals surface area contributed by atoms with Crippen molar-refractivity contribution in [3.8, 4) is 0 Å². The van der Waals surface area contributed by atoms with Crippen LogP contribution in [0, 0.1) is 0 Å². The van der Waals surface area contributed by atoms with E-state index in [1.165, 1.54) is 5.56 Å². The summed E-state index contributed by atoms with van der Waals surface area (Å²) in [5, 5.41) is 7.63. The molecule has 0 amide bonds. The molecule has 0 atom stereocenters. The van der Waals surface area contributed by atoms with Crippen LogP contribution in [0.1, 0.15) is 12.0 Å². The third-order valence-electron chi connectivity index (χ3n) is 2.97. The Bertz CT molecular complexity index is 544. The molecule has 3 rings (SSSR count). The van der Waals surface area contributed by atoms with Gasteiger partial charge in [0, 0.05) is 24.3 Å². The van der Waals surface area contributed by atoms with Gasteiger partial charge < -0.3 is 10.7 Å². The molecule has 0 spiro atoms. The number of hydrogen-bond acceptors (Lipinski definition) is 3. The maximum Gasteiger partial charge on any atom is 0.0693 e. The molecule has 0 fully saturated rings. The number of nitrogens with zero attached hydrogens (tertiary/aromatic N) is 1. The highest BCUT2D eigenvalue weighted by molar-refractivity contribution is 6.01. The predicted octanol–water partition coefficient (Wildman–Crippen LogP) is 3.13. The summed E-state index contributed by atoms with van der Waals surface area (Å²) >= 11 is 0. The van der Waals surface area contributed by atoms with Crippen LogP contribution in [0.5, 0.6) is 0 Å². The molecule has 2 N–H and O–H groups in total. The Hall–Kier alpha value is -2.29. The van der Waals surface area contributed by atoms with Gasteiger partial charge in [-0.15, -0.1) is 0 Å². The second kappa shape index (κ2) is 4.92. The van der Waals surface area contributed by atoms with E-state index in [4.69, 9.17) is 0 Å². The SMILES string of the molecule is c1ccc(Nc2ccc(C3=NNCC3)cc2)cc1. The van der Waals surface area contributed by atoms with E-state index in [0.717, 1.165) is 30.1 Å². The largest absolute Gasteiger partial charge is 0.356 e. The number of anilines is 2. The smallest absolute Gasteiger partial charge is 0.0693 e. The second-order valence-corrected chi connectivity index (χ2v) is 4.28. The van der Waals surface area contributed by atoms with Gasteiger partial charge in [-0.2, -0.15) is 5.10 Å². The van der Waals surface area contributed by atoms with E-state index >= 15 is 0 Å². The van der Waals surface area contributed by atoms with Crippen LogP contribution < -0.4 is 10.7 Å². The van der Waals surface area contributed by atoms with E-state index in [1.54, 1.807) is 0 Å². The van der Waals surface area contributed by atoms with Crippen molar-refractivity contribution in [1.82, 2.24) is 5.43 Å². The fourth-order valence-electron chi connectivity index (χ4n) is 2.02. The van der Waals surface area contributed by atoms with Crippen molar-refractivity contribution >= 4 is 17.1 Å². The van der Waals surface area contributed by atoms with E-state index in [9.17, 15) is 0 Å². The molecule has 0 bridgehead atoms. The summed E-state index contributed by atoms with van der Waals surface area (Å²) in [6.07, 6.45) is 1.01. The molecular weight excluding hydrogens is 222 g/mol. The summed E-state index contributed by atoms with van der Waals surface area (Å²) in [5.74, 6) is 0. The zero-order valence-electron chi connectivity index (χ0n) is 10.1. The van der Waals surface area contributed by atoms with Crippen LogP contribution >= 0.6 is 0 Å². The zero-order valence-corrected chi connectivity index (χ0v) is 10.1. The Balaban J connectivity index is 1.75. The van der Waals surface area contributed by atoms with Crippen molar-refractivity contribution in [2.45, 2.75) is 6.42 Å². The molecule has 0 radical (unpaired) electrons. The van der Waals surface area contributed by atoms with Gasteiger partial charge in [0.15, 0.2) is 0 Å². The average Bonchev–Trinajstić information content (AvgIpc) is 2.95. The van der Waals surface area contributed by atoms with Gasteiger partial charge in [0.25, 0.3) is 0 Å². The van der Waals surface area contributed by atoms with Crippen molar-refractivity contribution in [3.05, 3.63) is 60.2 Å². The summed E-state index contributed by atoms with van der Waals surface area (Å²) in [4.78, 5) is 0. The first-order chi connectivity index (χ1) is 8.92. The van der Waals surface area contributed by atoms with E-state index in [-0.39, 0.29) is 0 Å². The van der Waals surface area contributed by atoms with E-state index in [0.29, 0.717) is 0 Å². The molecule has 18 heavy (non-hydrogen) atoms. The number of para-hydroxylation sites is 1. The molecular formula is C15H15N3. The first kappa shape index (κ1) is 10.8. The van der Waals surface area contributed by atoms with Crippen molar-refractivity contribution in [2.75, 3.05) is 11.9 Å². The molecule has 1 aliphatic heterocycles. The van der Waals surface area contributed by atoms with Crippen LogP contribution in [-0.4, -0.2) is 12.3 Å². The number of hydrazone groups is 1. The minimum atomic E-state index is 0.944. The normalized spacial score (nSPS) is 13.9. The molecule has 1 aliphatic rings. The van der Waals surface area contributed by atoms with Gasteiger partial charge >= 0.3 is 0 Å². The average molecular weight is 237 g/mol. The Morgan fingerprint density at radius 1 is 0.889 bits per heavy atom. The molecule has 3 heteroatoms. The Morgan fingerprint density at radius 2 is 1.61 bits per heavy atom. The van der Waals surface area contributed by atoms with Gasteiger partial charge in [-0.1, -0.05) is 30.3 Å². The molecule has 90 valence electrons. The summed E-state index contributed by atoms with van der Waals surface area (Å²) in [5.41, 5.74) is 7.53. The summed E-state index contributed by atoms with van der Waals surface area (Å²) in [7, 11) is 0. The first-order valence-electron chi connectivity index (χ1n) is 6.14. The molecule has 0 aromatic heterocycles. The fraction of sp³-hybridized carbons (Fsp3) is 0.133. The minimum absolute atomic E-state index is 0.944. The van der Waals surface area contributed by atoms with Crippen molar-refractivity contribution in [3.63, 3.8) is 0 Å². The molecule has 0 saturated carbocycles. The Kier molecular flexibility index (Phi) is 2.96. The van der Waals surface area contributed by atoms with Crippen LogP contribution in [-0.2, 0) is 0 Å². The number of benzene rings is 2. The molecule has 3 nitrogen and oxygen atoms in total. The van der Waals surface area contributed by atoms with E-state index < -0.39 is 0 Å². The molecule has 0 unspecified atom stereocenters. The quantitative estimate of drug-likeness (QED) is 0.860. The monoisotopic (exact) mass is 237 g/mol. The van der Waals surface area contributed by atoms with Gasteiger partial charge in [-0.25, -0.2) is 0 Å². The summed E-state index contributed by atoms with van der Waals surface area (Å²) < 4.78 is 0. The highest BCUT2D eigenvalue weighted by Crippen LogP contribution is 2.17. The Morgan fingerprint density at radius 3 is 2.28 bits per heavy atom. The standard InChI is InChI=1S/C15H15N3/c1-2-4-13(5-3-1)17-14-8-6-12(7-9-14)15-10-11-16-18-15/h1-9,16-17H,10-11H2. The van der Waals surface area contributed by atoms with E-state index in [1.807, 2.05) is 18.2 Å². The highest BCUT2D eigenvalue weighted by Gasteiger charge is 2.08. The van der Waals surface area contributed by atoms with Crippen LogP contribution in [0.2, 0.25) is 0 Å². The van der Waals surface area contributed by atoms with Crippen molar-refractivity contribution < 1.29 is 0 Å². The maximum atomic E-state index is 4.27. The minimum Gasteiger partial charge on any atom is -0.356 e. The lowest BCUT2D eigenvalue weighted by Gasteiger charge is -2.07. The lowest BCUT2D eigenvalue weighted by atomic mass is 10.1. The molecule has 0 saturated heterocycles. The lowest BCUT2D eigenvalue weighted by Crippen LogP contribution is -1.98. The third kappa shape index (κ3) is 2.35. The highest BCUT2D eigenvalue weighted by atomic mass is 15.3. The third-order valence-corrected chi connectivity index (χ3v) is 2.97. The van der Waals surface area contributed by atoms with Gasteiger partial charge in [0.1, 0.15) is 0 Å². The van der Waals surface area contributed by atoms with Crippen LogP contribution in [0.4, 0.5) is 11.4 Å². The van der Waals surface area contributed by atoms with Gasteiger partial charge in [-0.3, -0.25) is 0 Å². The molecule has 0 aliphatic carbocycles.